The average Bonchev–Trinajstić information content (AvgIpc) is 2.52. The number of rotatable bonds is 4. The molecule has 0 aromatic carbocycles. The summed E-state index contributed by atoms with van der Waals surface area (Å²) < 4.78 is 0. The van der Waals surface area contributed by atoms with E-state index in [4.69, 9.17) is 5.11 Å². The van der Waals surface area contributed by atoms with Gasteiger partial charge in [0.1, 0.15) is 0 Å². The van der Waals surface area contributed by atoms with E-state index in [0.29, 0.717) is 13.0 Å². The number of carbonyl (C=O) groups is 2. The highest BCUT2D eigenvalue weighted by atomic mass is 16.4. The number of hydrogen-bond donors (Lipinski definition) is 1. The first-order chi connectivity index (χ1) is 6.65. The van der Waals surface area contributed by atoms with Crippen LogP contribution in [0.5, 0.6) is 0 Å². The Hall–Kier alpha value is -1.58. The van der Waals surface area contributed by atoms with Crippen molar-refractivity contribution in [3.8, 4) is 0 Å². The lowest BCUT2D eigenvalue weighted by Gasteiger charge is -2.09. The van der Waals surface area contributed by atoms with Gasteiger partial charge in [0.2, 0.25) is 5.91 Å². The number of carboxylic acids is 1. The summed E-state index contributed by atoms with van der Waals surface area (Å²) in [6.07, 6.45) is 5.74. The molecule has 14 heavy (non-hydrogen) atoms. The van der Waals surface area contributed by atoms with E-state index in [1.54, 1.807) is 4.90 Å². The maximum Gasteiger partial charge on any atom is 0.314 e. The van der Waals surface area contributed by atoms with Crippen LogP contribution in [-0.4, -0.2) is 28.4 Å². The van der Waals surface area contributed by atoms with Crippen LogP contribution in [0.3, 0.4) is 0 Å². The summed E-state index contributed by atoms with van der Waals surface area (Å²) in [5.74, 6) is -1.62. The molecule has 0 spiro atoms. The average molecular weight is 195 g/mol. The Morgan fingerprint density at radius 2 is 2.36 bits per heavy atom. The smallest absolute Gasteiger partial charge is 0.314 e. The lowest BCUT2D eigenvalue weighted by Crippen LogP contribution is -2.18. The summed E-state index contributed by atoms with van der Waals surface area (Å²) in [6, 6.07) is 0. The summed E-state index contributed by atoms with van der Waals surface area (Å²) in [4.78, 5) is 23.3. The molecule has 0 saturated carbocycles. The third kappa shape index (κ3) is 2.45. The maximum atomic E-state index is 11.1. The summed E-state index contributed by atoms with van der Waals surface area (Å²) in [5, 5.41) is 8.69. The predicted octanol–water partition coefficient (Wildman–Crippen LogP) is 1.01. The fourth-order valence-electron chi connectivity index (χ4n) is 1.28. The Morgan fingerprint density at radius 1 is 1.64 bits per heavy atom. The topological polar surface area (TPSA) is 57.6 Å². The van der Waals surface area contributed by atoms with Gasteiger partial charge < -0.3 is 10.0 Å². The quantitative estimate of drug-likeness (QED) is 0.681. The van der Waals surface area contributed by atoms with Gasteiger partial charge in [0.15, 0.2) is 0 Å². The van der Waals surface area contributed by atoms with Crippen LogP contribution in [0.2, 0.25) is 0 Å². The first kappa shape index (κ1) is 10.5. The van der Waals surface area contributed by atoms with E-state index in [1.807, 2.05) is 0 Å². The first-order valence-corrected chi connectivity index (χ1v) is 4.48. The third-order valence-electron chi connectivity index (χ3n) is 2.12. The second kappa shape index (κ2) is 4.60. The minimum Gasteiger partial charge on any atom is -0.481 e. The van der Waals surface area contributed by atoms with Crippen molar-refractivity contribution in [2.75, 3.05) is 6.54 Å². The minimum absolute atomic E-state index is 0.0504. The zero-order valence-corrected chi connectivity index (χ0v) is 7.85. The van der Waals surface area contributed by atoms with Crippen molar-refractivity contribution in [1.82, 2.24) is 4.90 Å². The second-order valence-electron chi connectivity index (χ2n) is 3.13. The molecule has 0 aliphatic carbocycles. The summed E-state index contributed by atoms with van der Waals surface area (Å²) in [7, 11) is 0. The Kier molecular flexibility index (Phi) is 3.45. The van der Waals surface area contributed by atoms with Crippen molar-refractivity contribution in [3.05, 3.63) is 24.9 Å². The Labute approximate surface area is 82.5 Å². The van der Waals surface area contributed by atoms with Crippen molar-refractivity contribution in [1.29, 1.82) is 0 Å². The lowest BCUT2D eigenvalue weighted by atomic mass is 10.1. The van der Waals surface area contributed by atoms with Crippen molar-refractivity contribution in [2.45, 2.75) is 12.8 Å². The van der Waals surface area contributed by atoms with Gasteiger partial charge in [-0.25, -0.2) is 0 Å². The molecule has 0 radical (unpaired) electrons. The molecule has 1 rings (SSSR count). The van der Waals surface area contributed by atoms with Gasteiger partial charge in [0.05, 0.1) is 5.92 Å². The van der Waals surface area contributed by atoms with Crippen LogP contribution in [0.4, 0.5) is 0 Å². The number of carbonyl (C=O) groups excluding carboxylic acids is 1. The third-order valence-corrected chi connectivity index (χ3v) is 2.12. The largest absolute Gasteiger partial charge is 0.481 e. The molecule has 0 aromatic rings. The van der Waals surface area contributed by atoms with E-state index < -0.39 is 11.9 Å². The highest BCUT2D eigenvalue weighted by Crippen LogP contribution is 2.11. The van der Waals surface area contributed by atoms with Gasteiger partial charge in [-0.1, -0.05) is 12.2 Å². The summed E-state index contributed by atoms with van der Waals surface area (Å²) in [6.45, 7) is 4.09. The Morgan fingerprint density at radius 3 is 2.79 bits per heavy atom. The number of amides is 1. The summed E-state index contributed by atoms with van der Waals surface area (Å²) in [5.41, 5.74) is 0. The van der Waals surface area contributed by atoms with Gasteiger partial charge in [-0.3, -0.25) is 9.59 Å². The number of nitrogens with zero attached hydrogens (tertiary/aromatic N) is 1. The van der Waals surface area contributed by atoms with Crippen LogP contribution < -0.4 is 0 Å². The molecule has 1 aliphatic rings. The number of aliphatic carboxylic acids is 1. The number of hydrogen-bond acceptors (Lipinski definition) is 2. The zero-order chi connectivity index (χ0) is 10.6. The van der Waals surface area contributed by atoms with E-state index >= 15 is 0 Å². The van der Waals surface area contributed by atoms with Crippen LogP contribution >= 0.6 is 0 Å². The molecule has 1 saturated heterocycles. The van der Waals surface area contributed by atoms with Crippen molar-refractivity contribution in [2.24, 2.45) is 5.92 Å². The maximum absolute atomic E-state index is 11.1. The van der Waals surface area contributed by atoms with Crippen LogP contribution in [0.15, 0.2) is 24.9 Å². The van der Waals surface area contributed by atoms with Gasteiger partial charge in [-0.2, -0.15) is 0 Å². The molecule has 1 heterocycles. The Balaban J connectivity index is 2.57. The molecule has 0 bridgehead atoms. The minimum atomic E-state index is -0.956. The molecule has 1 N–H and O–H groups in total. The number of likely N-dealkylation sites (tertiary alicyclic amines) is 1. The molecule has 1 fully saturated rings. The molecular formula is C10H13NO3. The van der Waals surface area contributed by atoms with Gasteiger partial charge in [-0.15, -0.1) is 6.58 Å². The predicted molar refractivity (Wildman–Crippen MR) is 51.4 cm³/mol. The monoisotopic (exact) mass is 195 g/mol. The standard InChI is InChI=1S/C10H13NO3/c1-2-8(10(13)14)5-7-11-6-3-4-9(11)12/h2,5,7-8H,1,3-4,6H2,(H,13,14). The molecule has 76 valence electrons. The highest BCUT2D eigenvalue weighted by Gasteiger charge is 2.18. The van der Waals surface area contributed by atoms with Crippen LogP contribution in [0.25, 0.3) is 0 Å². The summed E-state index contributed by atoms with van der Waals surface area (Å²) >= 11 is 0. The van der Waals surface area contributed by atoms with E-state index in [0.717, 1.165) is 6.42 Å². The molecule has 1 amide bonds. The molecule has 1 unspecified atom stereocenters. The SMILES string of the molecule is C=CC(C=CN1CCCC1=O)C(=O)O. The van der Waals surface area contributed by atoms with Gasteiger partial charge in [-0.05, 0) is 6.42 Å². The van der Waals surface area contributed by atoms with Gasteiger partial charge in [0, 0.05) is 19.2 Å². The van der Waals surface area contributed by atoms with Crippen molar-refractivity contribution < 1.29 is 14.7 Å². The molecular weight excluding hydrogens is 182 g/mol. The van der Waals surface area contributed by atoms with Crippen molar-refractivity contribution in [3.63, 3.8) is 0 Å². The second-order valence-corrected chi connectivity index (χ2v) is 3.13. The van der Waals surface area contributed by atoms with E-state index in [9.17, 15) is 9.59 Å². The van der Waals surface area contributed by atoms with E-state index in [1.165, 1.54) is 18.4 Å². The lowest BCUT2D eigenvalue weighted by molar-refractivity contribution is -0.138. The fourth-order valence-corrected chi connectivity index (χ4v) is 1.28. The molecule has 1 atom stereocenters. The van der Waals surface area contributed by atoms with E-state index in [-0.39, 0.29) is 5.91 Å². The van der Waals surface area contributed by atoms with Crippen LogP contribution in [0.1, 0.15) is 12.8 Å². The number of carboxylic acid groups (broad SMARTS) is 1. The van der Waals surface area contributed by atoms with Gasteiger partial charge >= 0.3 is 5.97 Å². The van der Waals surface area contributed by atoms with Gasteiger partial charge in [0.25, 0.3) is 0 Å². The Bertz CT molecular complexity index is 283. The molecule has 0 aromatic heterocycles. The molecule has 1 aliphatic heterocycles. The van der Waals surface area contributed by atoms with Crippen LogP contribution in [0, 0.1) is 5.92 Å². The van der Waals surface area contributed by atoms with E-state index in [2.05, 4.69) is 6.58 Å². The molecule has 4 heteroatoms. The highest BCUT2D eigenvalue weighted by molar-refractivity contribution is 5.79. The van der Waals surface area contributed by atoms with Crippen molar-refractivity contribution >= 4 is 11.9 Å². The zero-order valence-electron chi connectivity index (χ0n) is 7.85. The normalized spacial score (nSPS) is 18.9. The first-order valence-electron chi connectivity index (χ1n) is 4.48. The fraction of sp³-hybridized carbons (Fsp3) is 0.400. The molecule has 4 nitrogen and oxygen atoms in total. The van der Waals surface area contributed by atoms with Crippen LogP contribution in [-0.2, 0) is 9.59 Å².